The molecule has 1 amide bonds. The molecule has 0 bridgehead atoms. The summed E-state index contributed by atoms with van der Waals surface area (Å²) >= 11 is 0. The van der Waals surface area contributed by atoms with E-state index in [2.05, 4.69) is 11.4 Å². The van der Waals surface area contributed by atoms with E-state index in [1.54, 1.807) is 0 Å². The van der Waals surface area contributed by atoms with E-state index in [1.165, 1.54) is 0 Å². The van der Waals surface area contributed by atoms with Gasteiger partial charge in [0.05, 0.1) is 18.0 Å². The van der Waals surface area contributed by atoms with Crippen LogP contribution in [0.2, 0.25) is 0 Å². The highest BCUT2D eigenvalue weighted by atomic mass is 16.2. The SMILES string of the molecule is CC(C)C(=O)NC1(CC#N)CCCC1. The second-order valence-corrected chi connectivity index (χ2v) is 4.47. The van der Waals surface area contributed by atoms with Gasteiger partial charge in [0.1, 0.15) is 0 Å². The molecule has 0 radical (unpaired) electrons. The Balaban J connectivity index is 2.61. The Kier molecular flexibility index (Phi) is 3.51. The minimum absolute atomic E-state index is 0.00571. The fraction of sp³-hybridized carbons (Fsp3) is 0.818. The molecule has 0 spiro atoms. The molecule has 1 N–H and O–H groups in total. The number of hydrogen-bond acceptors (Lipinski definition) is 2. The van der Waals surface area contributed by atoms with Gasteiger partial charge in [-0.15, -0.1) is 0 Å². The van der Waals surface area contributed by atoms with Crippen LogP contribution in [0.3, 0.4) is 0 Å². The Bertz CT molecular complexity index is 247. The molecule has 0 aromatic carbocycles. The Labute approximate surface area is 85.5 Å². The first-order valence-corrected chi connectivity index (χ1v) is 5.29. The van der Waals surface area contributed by atoms with E-state index in [9.17, 15) is 4.79 Å². The van der Waals surface area contributed by atoms with Gasteiger partial charge in [-0.2, -0.15) is 5.26 Å². The first-order chi connectivity index (χ1) is 6.59. The van der Waals surface area contributed by atoms with E-state index in [0.717, 1.165) is 25.7 Å². The second kappa shape index (κ2) is 4.45. The lowest BCUT2D eigenvalue weighted by Crippen LogP contribution is -2.47. The zero-order chi connectivity index (χ0) is 10.6. The zero-order valence-electron chi connectivity index (χ0n) is 8.97. The lowest BCUT2D eigenvalue weighted by molar-refractivity contribution is -0.125. The summed E-state index contributed by atoms with van der Waals surface area (Å²) in [7, 11) is 0. The highest BCUT2D eigenvalue weighted by Crippen LogP contribution is 2.32. The first kappa shape index (κ1) is 11.0. The maximum absolute atomic E-state index is 11.6. The van der Waals surface area contributed by atoms with E-state index < -0.39 is 0 Å². The highest BCUT2D eigenvalue weighted by molar-refractivity contribution is 5.78. The van der Waals surface area contributed by atoms with Crippen LogP contribution in [0.5, 0.6) is 0 Å². The summed E-state index contributed by atoms with van der Waals surface area (Å²) in [4.78, 5) is 11.6. The molecule has 0 atom stereocenters. The van der Waals surface area contributed by atoms with Crippen LogP contribution in [0.1, 0.15) is 46.0 Å². The molecule has 78 valence electrons. The van der Waals surface area contributed by atoms with Gasteiger partial charge in [-0.1, -0.05) is 26.7 Å². The first-order valence-electron chi connectivity index (χ1n) is 5.29. The van der Waals surface area contributed by atoms with Crippen molar-refractivity contribution >= 4 is 5.91 Å². The van der Waals surface area contributed by atoms with Gasteiger partial charge in [-0.25, -0.2) is 0 Å². The van der Waals surface area contributed by atoms with Gasteiger partial charge in [-0.3, -0.25) is 4.79 Å². The van der Waals surface area contributed by atoms with Crippen molar-refractivity contribution in [1.82, 2.24) is 5.32 Å². The number of nitriles is 1. The third-order valence-corrected chi connectivity index (χ3v) is 2.89. The average molecular weight is 194 g/mol. The Morgan fingerprint density at radius 3 is 2.50 bits per heavy atom. The smallest absolute Gasteiger partial charge is 0.223 e. The summed E-state index contributed by atoms with van der Waals surface area (Å²) < 4.78 is 0. The molecule has 0 unspecified atom stereocenters. The summed E-state index contributed by atoms with van der Waals surface area (Å²) in [6, 6.07) is 2.18. The molecule has 1 aliphatic rings. The second-order valence-electron chi connectivity index (χ2n) is 4.47. The van der Waals surface area contributed by atoms with Crippen LogP contribution in [0.25, 0.3) is 0 Å². The topological polar surface area (TPSA) is 52.9 Å². The van der Waals surface area contributed by atoms with Gasteiger partial charge in [0.2, 0.25) is 5.91 Å². The van der Waals surface area contributed by atoms with Gasteiger partial charge >= 0.3 is 0 Å². The quantitative estimate of drug-likeness (QED) is 0.747. The van der Waals surface area contributed by atoms with Gasteiger partial charge < -0.3 is 5.32 Å². The summed E-state index contributed by atoms with van der Waals surface area (Å²) in [5.41, 5.74) is -0.212. The number of rotatable bonds is 3. The van der Waals surface area contributed by atoms with Gasteiger partial charge in [-0.05, 0) is 12.8 Å². The summed E-state index contributed by atoms with van der Waals surface area (Å²) in [6.07, 6.45) is 4.61. The molecule has 14 heavy (non-hydrogen) atoms. The number of amides is 1. The molecule has 1 rings (SSSR count). The molecular weight excluding hydrogens is 176 g/mol. The highest BCUT2D eigenvalue weighted by Gasteiger charge is 2.35. The number of hydrogen-bond donors (Lipinski definition) is 1. The molecule has 1 aliphatic carbocycles. The maximum atomic E-state index is 11.6. The van der Waals surface area contributed by atoms with Crippen molar-refractivity contribution < 1.29 is 4.79 Å². The van der Waals surface area contributed by atoms with Crippen LogP contribution < -0.4 is 5.32 Å². The molecule has 0 aliphatic heterocycles. The number of carbonyl (C=O) groups excluding carboxylic acids is 1. The monoisotopic (exact) mass is 194 g/mol. The van der Waals surface area contributed by atoms with Gasteiger partial charge in [0.15, 0.2) is 0 Å². The summed E-state index contributed by atoms with van der Waals surface area (Å²) in [5, 5.41) is 11.8. The van der Waals surface area contributed by atoms with Crippen molar-refractivity contribution in [3.8, 4) is 6.07 Å². The molecule has 1 fully saturated rings. The van der Waals surface area contributed by atoms with E-state index in [1.807, 2.05) is 13.8 Å². The van der Waals surface area contributed by atoms with Crippen molar-refractivity contribution in [2.75, 3.05) is 0 Å². The van der Waals surface area contributed by atoms with E-state index in [0.29, 0.717) is 6.42 Å². The lowest BCUT2D eigenvalue weighted by atomic mass is 9.93. The normalized spacial score (nSPS) is 19.3. The maximum Gasteiger partial charge on any atom is 0.223 e. The molecule has 3 nitrogen and oxygen atoms in total. The van der Waals surface area contributed by atoms with Crippen molar-refractivity contribution in [3.05, 3.63) is 0 Å². The zero-order valence-corrected chi connectivity index (χ0v) is 8.97. The van der Waals surface area contributed by atoms with Crippen molar-refractivity contribution in [2.45, 2.75) is 51.5 Å². The molecule has 0 aromatic heterocycles. The number of carbonyl (C=O) groups is 1. The lowest BCUT2D eigenvalue weighted by Gasteiger charge is -2.28. The van der Waals surface area contributed by atoms with Crippen LogP contribution in [0, 0.1) is 17.2 Å². The van der Waals surface area contributed by atoms with E-state index >= 15 is 0 Å². The Morgan fingerprint density at radius 2 is 2.07 bits per heavy atom. The largest absolute Gasteiger partial charge is 0.349 e. The third kappa shape index (κ3) is 2.47. The minimum Gasteiger partial charge on any atom is -0.349 e. The molecular formula is C11H18N2O. The van der Waals surface area contributed by atoms with E-state index in [4.69, 9.17) is 5.26 Å². The predicted octanol–water partition coefficient (Wildman–Crippen LogP) is 1.99. The van der Waals surface area contributed by atoms with E-state index in [-0.39, 0.29) is 17.4 Å². The minimum atomic E-state index is -0.212. The molecule has 0 saturated heterocycles. The van der Waals surface area contributed by atoms with Crippen LogP contribution in [-0.4, -0.2) is 11.4 Å². The summed E-state index contributed by atoms with van der Waals surface area (Å²) in [6.45, 7) is 3.76. The fourth-order valence-electron chi connectivity index (χ4n) is 1.95. The number of nitrogens with one attached hydrogen (secondary N) is 1. The van der Waals surface area contributed by atoms with Crippen LogP contribution in [0.4, 0.5) is 0 Å². The van der Waals surface area contributed by atoms with Gasteiger partial charge in [0.25, 0.3) is 0 Å². The number of nitrogens with zero attached hydrogens (tertiary/aromatic N) is 1. The Hall–Kier alpha value is -1.04. The van der Waals surface area contributed by atoms with Crippen LogP contribution >= 0.6 is 0 Å². The predicted molar refractivity (Wildman–Crippen MR) is 54.4 cm³/mol. The standard InChI is InChI=1S/C11H18N2O/c1-9(2)10(14)13-11(7-8-12)5-3-4-6-11/h9H,3-7H2,1-2H3,(H,13,14). The fourth-order valence-corrected chi connectivity index (χ4v) is 1.95. The molecule has 1 saturated carbocycles. The van der Waals surface area contributed by atoms with Crippen molar-refractivity contribution in [1.29, 1.82) is 5.26 Å². The summed E-state index contributed by atoms with van der Waals surface area (Å²) in [5.74, 6) is 0.0771. The van der Waals surface area contributed by atoms with Crippen molar-refractivity contribution in [2.24, 2.45) is 5.92 Å². The molecule has 0 aromatic rings. The van der Waals surface area contributed by atoms with Crippen LogP contribution in [-0.2, 0) is 4.79 Å². The van der Waals surface area contributed by atoms with Gasteiger partial charge in [0, 0.05) is 5.92 Å². The third-order valence-electron chi connectivity index (χ3n) is 2.89. The Morgan fingerprint density at radius 1 is 1.50 bits per heavy atom. The molecule has 0 heterocycles. The van der Waals surface area contributed by atoms with Crippen molar-refractivity contribution in [3.63, 3.8) is 0 Å². The van der Waals surface area contributed by atoms with Crippen LogP contribution in [0.15, 0.2) is 0 Å². The average Bonchev–Trinajstić information content (AvgIpc) is 2.54. The molecule has 3 heteroatoms.